The average molecular weight is 327 g/mol. The molecule has 6 nitrogen and oxygen atoms in total. The molecule has 0 aliphatic heterocycles. The standard InChI is InChI=1S/C18H25N5O/c1-12-8-10-15(11-9-12)17-20-22-23(21-17)14(3)18(24)19-16-7-5-4-6-13(16)2/h8-11,13-14,16H,4-7H2,1-3H3,(H,19,24). The number of aryl methyl sites for hydroxylation is 1. The summed E-state index contributed by atoms with van der Waals surface area (Å²) in [5.74, 6) is 1.03. The summed E-state index contributed by atoms with van der Waals surface area (Å²) in [7, 11) is 0. The van der Waals surface area contributed by atoms with E-state index in [4.69, 9.17) is 0 Å². The van der Waals surface area contributed by atoms with E-state index in [2.05, 4.69) is 27.7 Å². The summed E-state index contributed by atoms with van der Waals surface area (Å²) < 4.78 is 0. The zero-order valence-corrected chi connectivity index (χ0v) is 14.6. The monoisotopic (exact) mass is 327 g/mol. The van der Waals surface area contributed by atoms with Gasteiger partial charge in [0, 0.05) is 11.6 Å². The van der Waals surface area contributed by atoms with Crippen LogP contribution in [0.25, 0.3) is 11.4 Å². The van der Waals surface area contributed by atoms with Gasteiger partial charge in [-0.25, -0.2) is 0 Å². The van der Waals surface area contributed by atoms with E-state index >= 15 is 0 Å². The number of aromatic nitrogens is 4. The average Bonchev–Trinajstić information content (AvgIpc) is 3.07. The SMILES string of the molecule is Cc1ccc(-c2nnn(C(C)C(=O)NC3CCCCC3C)n2)cc1. The topological polar surface area (TPSA) is 72.7 Å². The van der Waals surface area contributed by atoms with E-state index < -0.39 is 6.04 Å². The Morgan fingerprint density at radius 2 is 1.96 bits per heavy atom. The van der Waals surface area contributed by atoms with Crippen molar-refractivity contribution in [2.24, 2.45) is 5.92 Å². The molecule has 1 N–H and O–H groups in total. The molecular weight excluding hydrogens is 302 g/mol. The summed E-state index contributed by atoms with van der Waals surface area (Å²) in [6.45, 7) is 6.05. The number of tetrazole rings is 1. The van der Waals surface area contributed by atoms with E-state index in [0.717, 1.165) is 12.0 Å². The van der Waals surface area contributed by atoms with Crippen molar-refractivity contribution in [3.8, 4) is 11.4 Å². The quantitative estimate of drug-likeness (QED) is 0.937. The number of nitrogens with one attached hydrogen (secondary N) is 1. The molecule has 0 bridgehead atoms. The Morgan fingerprint density at radius 3 is 2.67 bits per heavy atom. The van der Waals surface area contributed by atoms with Crippen molar-refractivity contribution in [2.75, 3.05) is 0 Å². The Balaban J connectivity index is 1.67. The minimum atomic E-state index is -0.467. The van der Waals surface area contributed by atoms with Crippen molar-refractivity contribution in [3.05, 3.63) is 29.8 Å². The molecule has 6 heteroatoms. The highest BCUT2D eigenvalue weighted by atomic mass is 16.2. The second-order valence-electron chi connectivity index (χ2n) is 6.85. The number of nitrogens with zero attached hydrogens (tertiary/aromatic N) is 4. The summed E-state index contributed by atoms with van der Waals surface area (Å²) >= 11 is 0. The van der Waals surface area contributed by atoms with Gasteiger partial charge >= 0.3 is 0 Å². The van der Waals surface area contributed by atoms with Gasteiger partial charge in [-0.3, -0.25) is 4.79 Å². The van der Waals surface area contributed by atoms with Crippen LogP contribution in [0.15, 0.2) is 24.3 Å². The van der Waals surface area contributed by atoms with Crippen molar-refractivity contribution >= 4 is 5.91 Å². The van der Waals surface area contributed by atoms with Crippen LogP contribution < -0.4 is 5.32 Å². The van der Waals surface area contributed by atoms with Gasteiger partial charge in [-0.1, -0.05) is 49.6 Å². The minimum absolute atomic E-state index is 0.0402. The Hall–Kier alpha value is -2.24. The Kier molecular flexibility index (Phi) is 4.92. The number of carbonyl (C=O) groups is 1. The molecular formula is C18H25N5O. The van der Waals surface area contributed by atoms with Gasteiger partial charge in [0.05, 0.1) is 0 Å². The molecule has 128 valence electrons. The van der Waals surface area contributed by atoms with Crippen LogP contribution in [0.2, 0.25) is 0 Å². The first-order valence-corrected chi connectivity index (χ1v) is 8.71. The molecule has 0 radical (unpaired) electrons. The van der Waals surface area contributed by atoms with Crippen LogP contribution in [0.1, 0.15) is 51.1 Å². The number of rotatable bonds is 4. The molecule has 0 saturated heterocycles. The van der Waals surface area contributed by atoms with Crippen molar-refractivity contribution in [1.82, 2.24) is 25.5 Å². The molecule has 1 saturated carbocycles. The highest BCUT2D eigenvalue weighted by molar-refractivity contribution is 5.80. The molecule has 1 heterocycles. The van der Waals surface area contributed by atoms with Gasteiger partial charge in [0.2, 0.25) is 11.7 Å². The fraction of sp³-hybridized carbons (Fsp3) is 0.556. The number of amides is 1. The highest BCUT2D eigenvalue weighted by Gasteiger charge is 2.26. The number of hydrogen-bond acceptors (Lipinski definition) is 4. The lowest BCUT2D eigenvalue weighted by atomic mass is 9.86. The van der Waals surface area contributed by atoms with Crippen LogP contribution in [0.4, 0.5) is 0 Å². The zero-order valence-electron chi connectivity index (χ0n) is 14.6. The summed E-state index contributed by atoms with van der Waals surface area (Å²) in [5.41, 5.74) is 2.08. The molecule has 1 aromatic carbocycles. The van der Waals surface area contributed by atoms with Crippen molar-refractivity contribution in [3.63, 3.8) is 0 Å². The van der Waals surface area contributed by atoms with Crippen LogP contribution in [0.3, 0.4) is 0 Å². The molecule has 3 unspecified atom stereocenters. The molecule has 0 spiro atoms. The van der Waals surface area contributed by atoms with E-state index in [9.17, 15) is 4.79 Å². The number of carbonyl (C=O) groups excluding carboxylic acids is 1. The number of benzene rings is 1. The van der Waals surface area contributed by atoms with E-state index in [1.807, 2.05) is 38.1 Å². The fourth-order valence-corrected chi connectivity index (χ4v) is 3.15. The third-order valence-corrected chi connectivity index (χ3v) is 4.90. The van der Waals surface area contributed by atoms with Crippen LogP contribution >= 0.6 is 0 Å². The van der Waals surface area contributed by atoms with Crippen LogP contribution in [0, 0.1) is 12.8 Å². The van der Waals surface area contributed by atoms with Crippen molar-refractivity contribution < 1.29 is 4.79 Å². The predicted molar refractivity (Wildman–Crippen MR) is 92.3 cm³/mol. The van der Waals surface area contributed by atoms with Crippen LogP contribution in [-0.2, 0) is 4.79 Å². The maximum atomic E-state index is 12.5. The van der Waals surface area contributed by atoms with Gasteiger partial charge in [0.25, 0.3) is 0 Å². The molecule has 2 aromatic rings. The first kappa shape index (κ1) is 16.6. The normalized spacial score (nSPS) is 22.1. The van der Waals surface area contributed by atoms with E-state index in [-0.39, 0.29) is 11.9 Å². The van der Waals surface area contributed by atoms with Gasteiger partial charge in [0.1, 0.15) is 6.04 Å². The first-order chi connectivity index (χ1) is 11.5. The third kappa shape index (κ3) is 3.63. The van der Waals surface area contributed by atoms with Gasteiger partial charge in [-0.15, -0.1) is 10.2 Å². The van der Waals surface area contributed by atoms with Gasteiger partial charge in [0.15, 0.2) is 0 Å². The summed E-state index contributed by atoms with van der Waals surface area (Å²) in [6.07, 6.45) is 4.67. The van der Waals surface area contributed by atoms with E-state index in [1.54, 1.807) is 0 Å². The summed E-state index contributed by atoms with van der Waals surface area (Å²) in [4.78, 5) is 13.9. The third-order valence-electron chi connectivity index (χ3n) is 4.90. The summed E-state index contributed by atoms with van der Waals surface area (Å²) in [5, 5.41) is 15.7. The molecule has 3 rings (SSSR count). The zero-order chi connectivity index (χ0) is 17.1. The predicted octanol–water partition coefficient (Wildman–Crippen LogP) is 2.90. The highest BCUT2D eigenvalue weighted by Crippen LogP contribution is 2.24. The van der Waals surface area contributed by atoms with Gasteiger partial charge < -0.3 is 5.32 Å². The van der Waals surface area contributed by atoms with E-state index in [1.165, 1.54) is 29.6 Å². The Bertz CT molecular complexity index is 694. The lowest BCUT2D eigenvalue weighted by molar-refractivity contribution is -0.125. The lowest BCUT2D eigenvalue weighted by Gasteiger charge is -2.30. The second-order valence-corrected chi connectivity index (χ2v) is 6.85. The molecule has 1 aromatic heterocycles. The summed E-state index contributed by atoms with van der Waals surface area (Å²) in [6, 6.07) is 7.74. The Labute approximate surface area is 142 Å². The van der Waals surface area contributed by atoms with Gasteiger partial charge in [-0.05, 0) is 37.8 Å². The van der Waals surface area contributed by atoms with Crippen LogP contribution in [-0.4, -0.2) is 32.2 Å². The maximum absolute atomic E-state index is 12.5. The van der Waals surface area contributed by atoms with Crippen LogP contribution in [0.5, 0.6) is 0 Å². The first-order valence-electron chi connectivity index (χ1n) is 8.71. The largest absolute Gasteiger partial charge is 0.351 e. The lowest BCUT2D eigenvalue weighted by Crippen LogP contribution is -2.44. The molecule has 1 fully saturated rings. The van der Waals surface area contributed by atoms with Crippen molar-refractivity contribution in [2.45, 2.75) is 58.5 Å². The maximum Gasteiger partial charge on any atom is 0.246 e. The molecule has 24 heavy (non-hydrogen) atoms. The molecule has 3 atom stereocenters. The van der Waals surface area contributed by atoms with E-state index in [0.29, 0.717) is 11.7 Å². The molecule has 1 amide bonds. The fourth-order valence-electron chi connectivity index (χ4n) is 3.15. The number of hydrogen-bond donors (Lipinski definition) is 1. The smallest absolute Gasteiger partial charge is 0.246 e. The molecule has 1 aliphatic rings. The Morgan fingerprint density at radius 1 is 1.25 bits per heavy atom. The minimum Gasteiger partial charge on any atom is -0.351 e. The van der Waals surface area contributed by atoms with Crippen molar-refractivity contribution in [1.29, 1.82) is 0 Å². The second kappa shape index (κ2) is 7.11. The molecule has 1 aliphatic carbocycles. The van der Waals surface area contributed by atoms with Gasteiger partial charge in [-0.2, -0.15) is 4.80 Å².